The van der Waals surface area contributed by atoms with Gasteiger partial charge in [0, 0.05) is 38.9 Å². The van der Waals surface area contributed by atoms with Crippen LogP contribution < -0.4 is 9.47 Å². The molecule has 3 aromatic rings. The smallest absolute Gasteiger partial charge is 0.257 e. The monoisotopic (exact) mass is 418 g/mol. The highest BCUT2D eigenvalue weighted by molar-refractivity contribution is 5.93. The molecule has 5 rings (SSSR count). The first-order chi connectivity index (χ1) is 15.2. The Hall–Kier alpha value is -3.32. The zero-order valence-electron chi connectivity index (χ0n) is 17.4. The van der Waals surface area contributed by atoms with Gasteiger partial charge < -0.3 is 14.4 Å². The van der Waals surface area contributed by atoms with E-state index < -0.39 is 0 Å². The van der Waals surface area contributed by atoms with E-state index in [1.54, 1.807) is 6.20 Å². The van der Waals surface area contributed by atoms with Crippen molar-refractivity contribution in [1.29, 1.82) is 0 Å². The molecule has 1 aromatic heterocycles. The van der Waals surface area contributed by atoms with Gasteiger partial charge in [-0.05, 0) is 23.3 Å². The summed E-state index contributed by atoms with van der Waals surface area (Å²) < 4.78 is 13.1. The SMILES string of the molecule is O=C(c1cnn(Cc2ccccc2)c1)N1CCN(Cc2ccc3c(c2)OCCO3)CC1. The molecule has 0 spiro atoms. The summed E-state index contributed by atoms with van der Waals surface area (Å²) in [5, 5.41) is 4.37. The number of hydrogen-bond donors (Lipinski definition) is 0. The first-order valence-electron chi connectivity index (χ1n) is 10.7. The van der Waals surface area contributed by atoms with Crippen LogP contribution in [-0.4, -0.2) is 64.9 Å². The molecule has 2 aromatic carbocycles. The van der Waals surface area contributed by atoms with Gasteiger partial charge in [-0.3, -0.25) is 14.4 Å². The van der Waals surface area contributed by atoms with Crippen molar-refractivity contribution < 1.29 is 14.3 Å². The Bertz CT molecular complexity index is 1040. The lowest BCUT2D eigenvalue weighted by Gasteiger charge is -2.34. The first-order valence-corrected chi connectivity index (χ1v) is 10.7. The van der Waals surface area contributed by atoms with Crippen LogP contribution in [0.4, 0.5) is 0 Å². The second kappa shape index (κ2) is 8.81. The fraction of sp³-hybridized carbons (Fsp3) is 0.333. The molecule has 0 atom stereocenters. The second-order valence-corrected chi connectivity index (χ2v) is 7.96. The molecule has 1 saturated heterocycles. The number of amides is 1. The summed E-state index contributed by atoms with van der Waals surface area (Å²) in [5.74, 6) is 1.70. The third-order valence-electron chi connectivity index (χ3n) is 5.74. The van der Waals surface area contributed by atoms with E-state index >= 15 is 0 Å². The normalized spacial score (nSPS) is 16.3. The average Bonchev–Trinajstić information content (AvgIpc) is 3.28. The molecule has 0 radical (unpaired) electrons. The molecule has 7 heteroatoms. The van der Waals surface area contributed by atoms with Crippen molar-refractivity contribution in [3.8, 4) is 11.5 Å². The molecule has 31 heavy (non-hydrogen) atoms. The molecule has 0 saturated carbocycles. The van der Waals surface area contributed by atoms with E-state index in [4.69, 9.17) is 9.47 Å². The predicted molar refractivity (Wildman–Crippen MR) is 116 cm³/mol. The molecule has 0 N–H and O–H groups in total. The largest absolute Gasteiger partial charge is 0.486 e. The number of ether oxygens (including phenoxy) is 2. The summed E-state index contributed by atoms with van der Waals surface area (Å²) in [6, 6.07) is 16.3. The summed E-state index contributed by atoms with van der Waals surface area (Å²) in [6.45, 7) is 5.83. The molecule has 1 fully saturated rings. The molecule has 2 aliphatic rings. The Kier molecular flexibility index (Phi) is 5.58. The van der Waals surface area contributed by atoms with Gasteiger partial charge in [-0.15, -0.1) is 0 Å². The van der Waals surface area contributed by atoms with E-state index in [2.05, 4.69) is 34.3 Å². The highest BCUT2D eigenvalue weighted by Crippen LogP contribution is 2.31. The van der Waals surface area contributed by atoms with Gasteiger partial charge >= 0.3 is 0 Å². The van der Waals surface area contributed by atoms with Crippen molar-refractivity contribution in [1.82, 2.24) is 19.6 Å². The number of nitrogens with zero attached hydrogens (tertiary/aromatic N) is 4. The molecule has 0 aliphatic carbocycles. The zero-order valence-corrected chi connectivity index (χ0v) is 17.4. The van der Waals surface area contributed by atoms with E-state index in [1.807, 2.05) is 40.0 Å². The van der Waals surface area contributed by atoms with Crippen LogP contribution in [0.25, 0.3) is 0 Å². The third-order valence-corrected chi connectivity index (χ3v) is 5.74. The molecule has 1 amide bonds. The van der Waals surface area contributed by atoms with Gasteiger partial charge in [0.15, 0.2) is 11.5 Å². The molecule has 0 bridgehead atoms. The van der Waals surface area contributed by atoms with Crippen LogP contribution in [0.5, 0.6) is 11.5 Å². The van der Waals surface area contributed by atoms with Gasteiger partial charge in [-0.2, -0.15) is 5.10 Å². The minimum Gasteiger partial charge on any atom is -0.486 e. The van der Waals surface area contributed by atoms with Crippen molar-refractivity contribution in [3.05, 3.63) is 77.6 Å². The standard InChI is InChI=1S/C24H26N4O3/c29-24(21-15-25-28(18-21)17-19-4-2-1-3-5-19)27-10-8-26(9-11-27)16-20-6-7-22-23(14-20)31-13-12-30-22/h1-7,14-15,18H,8-13,16-17H2. The van der Waals surface area contributed by atoms with Crippen molar-refractivity contribution in [2.75, 3.05) is 39.4 Å². The third kappa shape index (κ3) is 4.56. The van der Waals surface area contributed by atoms with E-state index in [9.17, 15) is 4.79 Å². The molecule has 0 unspecified atom stereocenters. The van der Waals surface area contributed by atoms with Gasteiger partial charge in [0.25, 0.3) is 5.91 Å². The van der Waals surface area contributed by atoms with Crippen LogP contribution in [0.1, 0.15) is 21.5 Å². The lowest BCUT2D eigenvalue weighted by Crippen LogP contribution is -2.48. The van der Waals surface area contributed by atoms with E-state index in [0.29, 0.717) is 38.4 Å². The summed E-state index contributed by atoms with van der Waals surface area (Å²) in [7, 11) is 0. The number of rotatable bonds is 5. The van der Waals surface area contributed by atoms with E-state index in [0.717, 1.165) is 36.7 Å². The molecule has 2 aliphatic heterocycles. The van der Waals surface area contributed by atoms with E-state index in [1.165, 1.54) is 5.56 Å². The quantitative estimate of drug-likeness (QED) is 0.638. The van der Waals surface area contributed by atoms with Crippen molar-refractivity contribution in [2.45, 2.75) is 13.1 Å². The number of hydrogen-bond acceptors (Lipinski definition) is 5. The number of carbonyl (C=O) groups excluding carboxylic acids is 1. The van der Waals surface area contributed by atoms with Crippen LogP contribution in [-0.2, 0) is 13.1 Å². The number of aromatic nitrogens is 2. The average molecular weight is 418 g/mol. The Balaban J connectivity index is 1.15. The fourth-order valence-corrected chi connectivity index (χ4v) is 4.07. The minimum atomic E-state index is 0.0540. The Morgan fingerprint density at radius 2 is 1.65 bits per heavy atom. The number of fused-ring (bicyclic) bond motifs is 1. The Morgan fingerprint density at radius 3 is 2.45 bits per heavy atom. The zero-order chi connectivity index (χ0) is 21.0. The minimum absolute atomic E-state index is 0.0540. The molecule has 7 nitrogen and oxygen atoms in total. The maximum Gasteiger partial charge on any atom is 0.257 e. The Morgan fingerprint density at radius 1 is 0.871 bits per heavy atom. The maximum absolute atomic E-state index is 12.9. The first kappa shape index (κ1) is 19.6. The van der Waals surface area contributed by atoms with Crippen LogP contribution in [0.15, 0.2) is 60.9 Å². The fourth-order valence-electron chi connectivity index (χ4n) is 4.07. The summed E-state index contributed by atoms with van der Waals surface area (Å²) in [5.41, 5.74) is 3.01. The second-order valence-electron chi connectivity index (χ2n) is 7.96. The summed E-state index contributed by atoms with van der Waals surface area (Å²) >= 11 is 0. The topological polar surface area (TPSA) is 59.8 Å². The molecular weight excluding hydrogens is 392 g/mol. The summed E-state index contributed by atoms with van der Waals surface area (Å²) in [6.07, 6.45) is 3.52. The van der Waals surface area contributed by atoms with Crippen LogP contribution in [0.3, 0.4) is 0 Å². The number of piperazine rings is 1. The molecule has 3 heterocycles. The lowest BCUT2D eigenvalue weighted by atomic mass is 10.1. The van der Waals surface area contributed by atoms with Crippen LogP contribution in [0, 0.1) is 0 Å². The Labute approximate surface area is 181 Å². The maximum atomic E-state index is 12.9. The highest BCUT2D eigenvalue weighted by atomic mass is 16.6. The number of benzene rings is 2. The highest BCUT2D eigenvalue weighted by Gasteiger charge is 2.23. The van der Waals surface area contributed by atoms with Gasteiger partial charge in [0.1, 0.15) is 13.2 Å². The van der Waals surface area contributed by atoms with Crippen molar-refractivity contribution in [2.24, 2.45) is 0 Å². The molecular formula is C24H26N4O3. The van der Waals surface area contributed by atoms with E-state index in [-0.39, 0.29) is 5.91 Å². The predicted octanol–water partition coefficient (Wildman–Crippen LogP) is 2.66. The van der Waals surface area contributed by atoms with Crippen LogP contribution in [0.2, 0.25) is 0 Å². The lowest BCUT2D eigenvalue weighted by molar-refractivity contribution is 0.0628. The van der Waals surface area contributed by atoms with Gasteiger partial charge in [0.05, 0.1) is 18.3 Å². The van der Waals surface area contributed by atoms with Crippen molar-refractivity contribution >= 4 is 5.91 Å². The number of carbonyl (C=O) groups is 1. The van der Waals surface area contributed by atoms with Crippen molar-refractivity contribution in [3.63, 3.8) is 0 Å². The van der Waals surface area contributed by atoms with Crippen LogP contribution >= 0.6 is 0 Å². The van der Waals surface area contributed by atoms with Gasteiger partial charge in [0.2, 0.25) is 0 Å². The summed E-state index contributed by atoms with van der Waals surface area (Å²) in [4.78, 5) is 17.2. The van der Waals surface area contributed by atoms with Gasteiger partial charge in [-0.1, -0.05) is 36.4 Å². The molecule has 160 valence electrons. The van der Waals surface area contributed by atoms with Gasteiger partial charge in [-0.25, -0.2) is 0 Å².